The fourth-order valence-corrected chi connectivity index (χ4v) is 6.26. The lowest BCUT2D eigenvalue weighted by Crippen LogP contribution is -2.40. The van der Waals surface area contributed by atoms with E-state index in [0.717, 1.165) is 36.1 Å². The number of carbonyl (C=O) groups excluding carboxylic acids is 1. The standard InChI is InChI=1S/C25H30N2O6S/c1-18-5-7-20(34(29,30)26-10-14-31-15-11-26)17-21(18)25(28)27-9-2-4-22(27)19-6-8-23-24(16-19)33-13-3-12-32-23/h5-8,16-17,22H,2-4,9-15H2,1H3/t22-/m1/s1. The Balaban J connectivity index is 1.43. The molecule has 3 aliphatic heterocycles. The Morgan fingerprint density at radius 3 is 2.47 bits per heavy atom. The largest absolute Gasteiger partial charge is 0.490 e. The van der Waals surface area contributed by atoms with Crippen molar-refractivity contribution in [3.05, 3.63) is 53.1 Å². The summed E-state index contributed by atoms with van der Waals surface area (Å²) in [4.78, 5) is 15.7. The van der Waals surface area contributed by atoms with E-state index < -0.39 is 10.0 Å². The monoisotopic (exact) mass is 486 g/mol. The number of amides is 1. The van der Waals surface area contributed by atoms with Crippen LogP contribution in [0.1, 0.15) is 46.8 Å². The van der Waals surface area contributed by atoms with Crippen molar-refractivity contribution < 1.29 is 27.4 Å². The molecule has 0 saturated carbocycles. The van der Waals surface area contributed by atoms with E-state index in [-0.39, 0.29) is 16.8 Å². The highest BCUT2D eigenvalue weighted by Gasteiger charge is 2.33. The molecule has 0 unspecified atom stereocenters. The van der Waals surface area contributed by atoms with Crippen LogP contribution in [0.25, 0.3) is 0 Å². The third-order valence-corrected chi connectivity index (χ3v) is 8.61. The highest BCUT2D eigenvalue weighted by Crippen LogP contribution is 2.39. The van der Waals surface area contributed by atoms with Crippen LogP contribution in [0, 0.1) is 6.92 Å². The molecular formula is C25H30N2O6S. The summed E-state index contributed by atoms with van der Waals surface area (Å²) >= 11 is 0. The molecule has 2 fully saturated rings. The molecule has 0 bridgehead atoms. The van der Waals surface area contributed by atoms with Gasteiger partial charge in [0.1, 0.15) is 0 Å². The van der Waals surface area contributed by atoms with Gasteiger partial charge in [-0.05, 0) is 55.2 Å². The van der Waals surface area contributed by atoms with Gasteiger partial charge in [-0.25, -0.2) is 8.42 Å². The molecule has 1 amide bonds. The SMILES string of the molecule is Cc1ccc(S(=O)(=O)N2CCOCC2)cc1C(=O)N1CCC[C@@H]1c1ccc2c(c1)OCCCO2. The molecule has 2 saturated heterocycles. The second kappa shape index (κ2) is 9.56. The van der Waals surface area contributed by atoms with Gasteiger partial charge in [0.15, 0.2) is 11.5 Å². The quantitative estimate of drug-likeness (QED) is 0.660. The van der Waals surface area contributed by atoms with Gasteiger partial charge in [-0.1, -0.05) is 12.1 Å². The Morgan fingerprint density at radius 2 is 1.68 bits per heavy atom. The van der Waals surface area contributed by atoms with Gasteiger partial charge in [0.2, 0.25) is 10.0 Å². The summed E-state index contributed by atoms with van der Waals surface area (Å²) < 4.78 is 44.6. The molecule has 5 rings (SSSR count). The van der Waals surface area contributed by atoms with Crippen LogP contribution in [0.4, 0.5) is 0 Å². The number of morpholine rings is 1. The minimum Gasteiger partial charge on any atom is -0.490 e. The lowest BCUT2D eigenvalue weighted by molar-refractivity contribution is 0.0727. The van der Waals surface area contributed by atoms with Crippen molar-refractivity contribution in [2.24, 2.45) is 0 Å². The molecule has 182 valence electrons. The van der Waals surface area contributed by atoms with Gasteiger partial charge < -0.3 is 19.1 Å². The number of aryl methyl sites for hydroxylation is 1. The molecule has 0 aromatic heterocycles. The molecule has 0 spiro atoms. The first-order chi connectivity index (χ1) is 16.4. The predicted octanol–water partition coefficient (Wildman–Crippen LogP) is 3.15. The number of carbonyl (C=O) groups is 1. The fourth-order valence-electron chi connectivity index (χ4n) is 4.83. The lowest BCUT2D eigenvalue weighted by atomic mass is 10.0. The molecule has 0 radical (unpaired) electrons. The number of likely N-dealkylation sites (tertiary alicyclic amines) is 1. The summed E-state index contributed by atoms with van der Waals surface area (Å²) in [5, 5.41) is 0. The van der Waals surface area contributed by atoms with E-state index in [0.29, 0.717) is 57.4 Å². The molecule has 3 heterocycles. The third kappa shape index (κ3) is 4.39. The van der Waals surface area contributed by atoms with Crippen molar-refractivity contribution in [2.75, 3.05) is 46.1 Å². The normalized spacial score (nSPS) is 21.3. The van der Waals surface area contributed by atoms with E-state index in [1.807, 2.05) is 30.0 Å². The van der Waals surface area contributed by atoms with Crippen molar-refractivity contribution >= 4 is 15.9 Å². The number of ether oxygens (including phenoxy) is 3. The highest BCUT2D eigenvalue weighted by molar-refractivity contribution is 7.89. The Kier molecular flexibility index (Phi) is 6.50. The molecular weight excluding hydrogens is 456 g/mol. The van der Waals surface area contributed by atoms with E-state index in [1.54, 1.807) is 12.1 Å². The van der Waals surface area contributed by atoms with Gasteiger partial charge in [0, 0.05) is 31.6 Å². The molecule has 2 aromatic rings. The predicted molar refractivity (Wildman–Crippen MR) is 126 cm³/mol. The van der Waals surface area contributed by atoms with Gasteiger partial charge in [-0.2, -0.15) is 4.31 Å². The van der Waals surface area contributed by atoms with Crippen LogP contribution < -0.4 is 9.47 Å². The summed E-state index contributed by atoms with van der Waals surface area (Å²) in [6.45, 7) is 5.09. The molecule has 0 N–H and O–H groups in total. The first-order valence-corrected chi connectivity index (χ1v) is 13.3. The van der Waals surface area contributed by atoms with Crippen LogP contribution in [-0.4, -0.2) is 69.6 Å². The summed E-state index contributed by atoms with van der Waals surface area (Å²) in [7, 11) is -3.69. The van der Waals surface area contributed by atoms with E-state index in [4.69, 9.17) is 14.2 Å². The number of sulfonamides is 1. The molecule has 3 aliphatic rings. The van der Waals surface area contributed by atoms with E-state index in [9.17, 15) is 13.2 Å². The van der Waals surface area contributed by atoms with Crippen molar-refractivity contribution in [1.29, 1.82) is 0 Å². The maximum absolute atomic E-state index is 13.7. The molecule has 0 aliphatic carbocycles. The summed E-state index contributed by atoms with van der Waals surface area (Å²) in [6.07, 6.45) is 2.56. The van der Waals surface area contributed by atoms with Crippen molar-refractivity contribution in [3.8, 4) is 11.5 Å². The smallest absolute Gasteiger partial charge is 0.254 e. The Labute approximate surface area is 200 Å². The number of hydrogen-bond acceptors (Lipinski definition) is 6. The van der Waals surface area contributed by atoms with Crippen LogP contribution in [0.2, 0.25) is 0 Å². The first kappa shape index (κ1) is 23.1. The lowest BCUT2D eigenvalue weighted by Gasteiger charge is -2.28. The summed E-state index contributed by atoms with van der Waals surface area (Å²) in [5.74, 6) is 1.30. The van der Waals surface area contributed by atoms with Gasteiger partial charge in [0.25, 0.3) is 5.91 Å². The van der Waals surface area contributed by atoms with E-state index in [1.165, 1.54) is 10.4 Å². The fraction of sp³-hybridized carbons (Fsp3) is 0.480. The zero-order valence-corrected chi connectivity index (χ0v) is 20.2. The second-order valence-corrected chi connectivity index (χ2v) is 10.8. The van der Waals surface area contributed by atoms with Crippen LogP contribution in [0.5, 0.6) is 11.5 Å². The number of rotatable bonds is 4. The minimum absolute atomic E-state index is 0.0939. The van der Waals surface area contributed by atoms with E-state index in [2.05, 4.69) is 0 Å². The van der Waals surface area contributed by atoms with Crippen molar-refractivity contribution in [2.45, 2.75) is 37.1 Å². The maximum Gasteiger partial charge on any atom is 0.254 e. The van der Waals surface area contributed by atoms with Crippen LogP contribution in [0.15, 0.2) is 41.3 Å². The second-order valence-electron chi connectivity index (χ2n) is 8.91. The van der Waals surface area contributed by atoms with Crippen LogP contribution in [-0.2, 0) is 14.8 Å². The van der Waals surface area contributed by atoms with E-state index >= 15 is 0 Å². The Hall–Kier alpha value is -2.62. The maximum atomic E-state index is 13.7. The zero-order chi connectivity index (χ0) is 23.7. The molecule has 2 aromatic carbocycles. The van der Waals surface area contributed by atoms with Gasteiger partial charge >= 0.3 is 0 Å². The van der Waals surface area contributed by atoms with Gasteiger partial charge in [-0.3, -0.25) is 4.79 Å². The molecule has 1 atom stereocenters. The number of hydrogen-bond donors (Lipinski definition) is 0. The minimum atomic E-state index is -3.69. The molecule has 34 heavy (non-hydrogen) atoms. The van der Waals surface area contributed by atoms with Crippen LogP contribution in [0.3, 0.4) is 0 Å². The van der Waals surface area contributed by atoms with Crippen molar-refractivity contribution in [1.82, 2.24) is 9.21 Å². The average molecular weight is 487 g/mol. The Morgan fingerprint density at radius 1 is 0.912 bits per heavy atom. The molecule has 9 heteroatoms. The first-order valence-electron chi connectivity index (χ1n) is 11.8. The van der Waals surface area contributed by atoms with Crippen LogP contribution >= 0.6 is 0 Å². The Bertz CT molecular complexity index is 1180. The van der Waals surface area contributed by atoms with Crippen molar-refractivity contribution in [3.63, 3.8) is 0 Å². The highest BCUT2D eigenvalue weighted by atomic mass is 32.2. The third-order valence-electron chi connectivity index (χ3n) is 6.72. The number of nitrogens with zero attached hydrogens (tertiary/aromatic N) is 2. The zero-order valence-electron chi connectivity index (χ0n) is 19.4. The molecule has 8 nitrogen and oxygen atoms in total. The van der Waals surface area contributed by atoms with Gasteiger partial charge in [-0.15, -0.1) is 0 Å². The summed E-state index contributed by atoms with van der Waals surface area (Å²) in [6, 6.07) is 10.6. The van der Waals surface area contributed by atoms with Gasteiger partial charge in [0.05, 0.1) is 37.4 Å². The average Bonchev–Trinajstić information content (AvgIpc) is 3.23. The number of benzene rings is 2. The topological polar surface area (TPSA) is 85.4 Å². The number of fused-ring (bicyclic) bond motifs is 1. The summed E-state index contributed by atoms with van der Waals surface area (Å²) in [5.41, 5.74) is 2.19.